The Kier molecular flexibility index (Phi) is 18.3. The summed E-state index contributed by atoms with van der Waals surface area (Å²) in [7, 11) is 0. The third kappa shape index (κ3) is 14.3. The first kappa shape index (κ1) is 25.5. The molecule has 0 saturated carbocycles. The fourth-order valence-electron chi connectivity index (χ4n) is 2.60. The van der Waals surface area contributed by atoms with Crippen LogP contribution in [-0.2, 0) is 60.2 Å². The average Bonchev–Trinajstić information content (AvgIpc) is 2.66. The number of nitrogens with zero attached hydrogens (tertiary/aromatic N) is 2. The van der Waals surface area contributed by atoms with E-state index in [1.165, 1.54) is 44.5 Å². The van der Waals surface area contributed by atoms with Gasteiger partial charge >= 0.3 is 22.4 Å². The van der Waals surface area contributed by atoms with Gasteiger partial charge in [-0.25, -0.2) is 0 Å². The van der Waals surface area contributed by atoms with Gasteiger partial charge in [0, 0.05) is 13.1 Å². The Balaban J connectivity index is 0.000000483. The standard InChI is InChI=1S/C11H24N2S2.C7H8S.O.Tc/c14-10-8-13(9-11-15)7-6-12-4-2-1-3-5-12;1-6-2-4-7(8)5-3-6;;/h14-15H,1-11H2;2-5,8H,1H3;;/q;;;+3/p-3/i;;;1+1. The molecular weight excluding hydrogens is 455 g/mol. The van der Waals surface area contributed by atoms with Crippen molar-refractivity contribution in [2.75, 3.05) is 50.8 Å². The first-order valence-electron chi connectivity index (χ1n) is 8.65. The Morgan fingerprint density at radius 1 is 0.960 bits per heavy atom. The zero-order chi connectivity index (χ0) is 18.9. The van der Waals surface area contributed by atoms with Crippen molar-refractivity contribution in [2.45, 2.75) is 31.1 Å². The maximum Gasteiger partial charge on any atom is 0.0109 e. The van der Waals surface area contributed by atoms with Gasteiger partial charge < -0.3 is 47.7 Å². The summed E-state index contributed by atoms with van der Waals surface area (Å²) in [6.07, 6.45) is 4.17. The fraction of sp³-hybridized carbons (Fsp3) is 0.667. The molecule has 0 atom stereocenters. The molecule has 0 amide bonds. The molecule has 142 valence electrons. The minimum absolute atomic E-state index is 0.829. The van der Waals surface area contributed by atoms with E-state index in [0.29, 0.717) is 0 Å². The van der Waals surface area contributed by atoms with Crippen molar-refractivity contribution in [2.24, 2.45) is 0 Å². The maximum absolute atomic E-state index is 8.22. The molecule has 1 aromatic rings. The molecule has 1 aromatic carbocycles. The average molecular weight is 485 g/mol. The molecule has 3 nitrogen and oxygen atoms in total. The minimum atomic E-state index is 0.829. The Morgan fingerprint density at radius 2 is 1.48 bits per heavy atom. The summed E-state index contributed by atoms with van der Waals surface area (Å²) in [6.45, 7) is 9.03. The van der Waals surface area contributed by atoms with Crippen molar-refractivity contribution in [1.29, 1.82) is 0 Å². The van der Waals surface area contributed by atoms with Crippen molar-refractivity contribution < 1.29 is 22.4 Å². The fourth-order valence-corrected chi connectivity index (χ4v) is 3.25. The first-order chi connectivity index (χ1) is 12.2. The Bertz CT molecular complexity index is 390. The second kappa shape index (κ2) is 17.9. The van der Waals surface area contributed by atoms with Gasteiger partial charge in [0.1, 0.15) is 0 Å². The quantitative estimate of drug-likeness (QED) is 0.552. The Hall–Kier alpha value is 0.509. The normalized spacial score (nSPS) is 14.2. The molecule has 1 heterocycles. The number of benzene rings is 1. The van der Waals surface area contributed by atoms with Crippen LogP contribution in [0, 0.1) is 6.92 Å². The van der Waals surface area contributed by atoms with Crippen molar-refractivity contribution in [3.8, 4) is 0 Å². The summed E-state index contributed by atoms with van der Waals surface area (Å²) >= 11 is 15.8. The van der Waals surface area contributed by atoms with E-state index in [4.69, 9.17) is 41.4 Å². The maximum atomic E-state index is 8.22. The van der Waals surface area contributed by atoms with E-state index >= 15 is 0 Å². The number of aryl methyl sites for hydroxylation is 1. The molecule has 1 aliphatic heterocycles. The van der Waals surface area contributed by atoms with Gasteiger partial charge in [-0.15, -0.1) is 0 Å². The summed E-state index contributed by atoms with van der Waals surface area (Å²) in [5.74, 6) is 1.66. The molecule has 0 radical (unpaired) electrons. The topological polar surface area (TPSA) is 23.6 Å². The molecule has 0 unspecified atom stereocenters. The van der Waals surface area contributed by atoms with E-state index < -0.39 is 0 Å². The summed E-state index contributed by atoms with van der Waals surface area (Å²) in [4.78, 5) is 5.90. The van der Waals surface area contributed by atoms with Gasteiger partial charge in [0.05, 0.1) is 0 Å². The van der Waals surface area contributed by atoms with Crippen LogP contribution in [0.5, 0.6) is 0 Å². The van der Waals surface area contributed by atoms with E-state index in [-0.39, 0.29) is 0 Å². The van der Waals surface area contributed by atoms with Crippen LogP contribution in [0.1, 0.15) is 24.8 Å². The van der Waals surface area contributed by atoms with E-state index in [0.717, 1.165) is 54.9 Å². The van der Waals surface area contributed by atoms with Crippen molar-refractivity contribution in [3.63, 3.8) is 0 Å². The molecule has 2 rings (SSSR count). The largest absolute Gasteiger partial charge is 0.791 e. The van der Waals surface area contributed by atoms with Gasteiger partial charge in [-0.3, -0.25) is 0 Å². The molecular formula is C18H29N2OS3Tc. The van der Waals surface area contributed by atoms with Crippen LogP contribution in [-0.4, -0.2) is 60.6 Å². The third-order valence-corrected chi connectivity index (χ3v) is 4.65. The minimum Gasteiger partial charge on any atom is -0.791 e. The second-order valence-electron chi connectivity index (χ2n) is 5.97. The van der Waals surface area contributed by atoms with Gasteiger partial charge in [-0.2, -0.15) is 16.4 Å². The second-order valence-corrected chi connectivity index (χ2v) is 7.25. The number of rotatable bonds is 7. The Morgan fingerprint density at radius 3 is 1.92 bits per heavy atom. The summed E-state index contributed by atoms with van der Waals surface area (Å²) in [5, 5.41) is 0. The number of piperidine rings is 1. The number of hydrogen-bond donors (Lipinski definition) is 0. The Labute approximate surface area is 181 Å². The van der Waals surface area contributed by atoms with E-state index in [1.54, 1.807) is 0 Å². The summed E-state index contributed by atoms with van der Waals surface area (Å²) < 4.78 is 8.22. The van der Waals surface area contributed by atoms with Gasteiger partial charge in [0.25, 0.3) is 0 Å². The van der Waals surface area contributed by atoms with Crippen LogP contribution in [0.4, 0.5) is 0 Å². The van der Waals surface area contributed by atoms with Gasteiger partial charge in [-0.05, 0) is 45.9 Å². The van der Waals surface area contributed by atoms with Crippen LogP contribution in [0.15, 0.2) is 29.2 Å². The predicted molar refractivity (Wildman–Crippen MR) is 109 cm³/mol. The molecule has 0 aliphatic carbocycles. The molecule has 1 aliphatic rings. The number of likely N-dealkylation sites (tertiary alicyclic amines) is 1. The van der Waals surface area contributed by atoms with E-state index in [1.807, 2.05) is 24.3 Å². The molecule has 0 bridgehead atoms. The number of hydrogen-bond acceptors (Lipinski definition) is 6. The monoisotopic (exact) mass is 484 g/mol. The zero-order valence-corrected chi connectivity index (χ0v) is 19.3. The molecule has 0 spiro atoms. The first-order valence-corrected chi connectivity index (χ1v) is 11.0. The van der Waals surface area contributed by atoms with Crippen LogP contribution >= 0.6 is 0 Å². The third-order valence-electron chi connectivity index (χ3n) is 4.02. The molecule has 0 N–H and O–H groups in total. The molecule has 1 fully saturated rings. The predicted octanol–water partition coefficient (Wildman–Crippen LogP) is 2.65. The van der Waals surface area contributed by atoms with Gasteiger partial charge in [0.2, 0.25) is 0 Å². The summed E-state index contributed by atoms with van der Waals surface area (Å²) in [6, 6.07) is 7.90. The molecule has 0 aromatic heterocycles. The van der Waals surface area contributed by atoms with E-state index in [2.05, 4.69) is 16.7 Å². The smallest absolute Gasteiger partial charge is 0.0109 e. The van der Waals surface area contributed by atoms with Crippen LogP contribution in [0.2, 0.25) is 0 Å². The molecule has 1 saturated heterocycles. The molecule has 7 heteroatoms. The summed E-state index contributed by atoms with van der Waals surface area (Å²) in [5.41, 5.74) is 1.26. The van der Waals surface area contributed by atoms with Crippen molar-refractivity contribution in [3.05, 3.63) is 29.8 Å². The SMILES string of the molecule is Cc1ccc([S-])cc1.[O]=[99Tc+3].[S-]CCN(CC[S-])CCN1CCCCC1. The van der Waals surface area contributed by atoms with Gasteiger partial charge in [0.15, 0.2) is 0 Å². The zero-order valence-electron chi connectivity index (χ0n) is 15.0. The van der Waals surface area contributed by atoms with Crippen LogP contribution in [0.25, 0.3) is 0 Å². The van der Waals surface area contributed by atoms with Crippen molar-refractivity contribution in [1.82, 2.24) is 9.80 Å². The van der Waals surface area contributed by atoms with Crippen LogP contribution < -0.4 is 0 Å². The van der Waals surface area contributed by atoms with Crippen LogP contribution in [0.3, 0.4) is 0 Å². The van der Waals surface area contributed by atoms with E-state index in [9.17, 15) is 0 Å². The van der Waals surface area contributed by atoms with Gasteiger partial charge in [-0.1, -0.05) is 36.2 Å². The molecule has 25 heavy (non-hydrogen) atoms. The van der Waals surface area contributed by atoms with Crippen molar-refractivity contribution >= 4 is 37.9 Å².